The van der Waals surface area contributed by atoms with E-state index >= 15 is 0 Å². The van der Waals surface area contributed by atoms with Crippen LogP contribution in [0.5, 0.6) is 0 Å². The molecule has 0 N–H and O–H groups in total. The first-order valence-electron chi connectivity index (χ1n) is 7.21. The second kappa shape index (κ2) is 6.30. The van der Waals surface area contributed by atoms with Crippen molar-refractivity contribution in [1.29, 1.82) is 0 Å². The predicted octanol–water partition coefficient (Wildman–Crippen LogP) is 4.01. The van der Waals surface area contributed by atoms with Gasteiger partial charge in [-0.1, -0.05) is 24.3 Å². The van der Waals surface area contributed by atoms with Gasteiger partial charge in [0.25, 0.3) is 11.1 Å². The van der Waals surface area contributed by atoms with Gasteiger partial charge in [0.2, 0.25) is 0 Å². The van der Waals surface area contributed by atoms with Crippen molar-refractivity contribution < 1.29 is 9.59 Å². The van der Waals surface area contributed by atoms with E-state index in [0.29, 0.717) is 4.91 Å². The van der Waals surface area contributed by atoms with Gasteiger partial charge in [0, 0.05) is 24.1 Å². The smallest absolute Gasteiger partial charge is 0.293 e. The van der Waals surface area contributed by atoms with E-state index in [0.717, 1.165) is 28.7 Å². The number of aromatic nitrogens is 1. The van der Waals surface area contributed by atoms with Crippen LogP contribution in [-0.2, 0) is 4.79 Å². The number of hydrogen-bond acceptors (Lipinski definition) is 3. The third kappa shape index (κ3) is 2.87. The first-order valence-corrected chi connectivity index (χ1v) is 8.03. The molecule has 0 radical (unpaired) electrons. The lowest BCUT2D eigenvalue weighted by molar-refractivity contribution is -0.122. The van der Waals surface area contributed by atoms with Gasteiger partial charge in [0.15, 0.2) is 0 Å². The molecule has 1 aromatic carbocycles. The van der Waals surface area contributed by atoms with Crippen molar-refractivity contribution in [3.63, 3.8) is 0 Å². The first-order chi connectivity index (χ1) is 11.1. The van der Waals surface area contributed by atoms with Crippen LogP contribution in [0.2, 0.25) is 0 Å². The first kappa shape index (κ1) is 15.4. The highest BCUT2D eigenvalue weighted by Crippen LogP contribution is 2.32. The minimum Gasteiger partial charge on any atom is -0.317 e. The van der Waals surface area contributed by atoms with Crippen LogP contribution in [0.4, 0.5) is 4.79 Å². The molecule has 1 fully saturated rings. The van der Waals surface area contributed by atoms with Crippen LogP contribution in [0.3, 0.4) is 0 Å². The number of nitrogens with zero attached hydrogens (tertiary/aromatic N) is 2. The monoisotopic (exact) mass is 324 g/mol. The van der Waals surface area contributed by atoms with Crippen LogP contribution >= 0.6 is 11.8 Å². The van der Waals surface area contributed by atoms with Crippen LogP contribution in [0.1, 0.15) is 11.3 Å². The molecule has 2 amide bonds. The molecule has 0 atom stereocenters. The molecule has 0 spiro atoms. The number of thioether (sulfide) groups is 1. The Morgan fingerprint density at radius 1 is 1.17 bits per heavy atom. The van der Waals surface area contributed by atoms with Gasteiger partial charge in [-0.3, -0.25) is 14.5 Å². The van der Waals surface area contributed by atoms with Crippen molar-refractivity contribution in [2.75, 3.05) is 6.54 Å². The highest BCUT2D eigenvalue weighted by atomic mass is 32.2. The molecule has 1 aliphatic heterocycles. The number of amides is 2. The summed E-state index contributed by atoms with van der Waals surface area (Å²) < 4.78 is 2.01. The third-order valence-electron chi connectivity index (χ3n) is 3.62. The molecule has 0 saturated carbocycles. The van der Waals surface area contributed by atoms with E-state index in [9.17, 15) is 9.59 Å². The molecule has 1 saturated heterocycles. The maximum absolute atomic E-state index is 12.3. The van der Waals surface area contributed by atoms with Crippen molar-refractivity contribution >= 4 is 29.0 Å². The van der Waals surface area contributed by atoms with Gasteiger partial charge in [-0.05, 0) is 48.5 Å². The molecule has 2 aromatic rings. The Morgan fingerprint density at radius 2 is 1.96 bits per heavy atom. The van der Waals surface area contributed by atoms with Crippen LogP contribution in [-0.4, -0.2) is 27.2 Å². The molecule has 1 aliphatic rings. The van der Waals surface area contributed by atoms with E-state index < -0.39 is 0 Å². The molecule has 116 valence electrons. The number of benzene rings is 1. The minimum atomic E-state index is -0.266. The number of rotatable bonds is 4. The Hall–Kier alpha value is -2.53. The van der Waals surface area contributed by atoms with Crippen molar-refractivity contribution in [2.45, 2.75) is 6.92 Å². The van der Waals surface area contributed by atoms with E-state index in [1.165, 1.54) is 4.90 Å². The van der Waals surface area contributed by atoms with Gasteiger partial charge in [-0.2, -0.15) is 0 Å². The number of carbonyl (C=O) groups excluding carboxylic acids is 2. The van der Waals surface area contributed by atoms with Crippen LogP contribution in [0.15, 0.2) is 60.2 Å². The lowest BCUT2D eigenvalue weighted by Crippen LogP contribution is -2.27. The molecule has 4 nitrogen and oxygen atoms in total. The summed E-state index contributed by atoms with van der Waals surface area (Å²) in [5, 5.41) is -0.254. The Balaban J connectivity index is 1.98. The van der Waals surface area contributed by atoms with Crippen LogP contribution in [0, 0.1) is 6.92 Å². The number of para-hydroxylation sites is 1. The topological polar surface area (TPSA) is 42.3 Å². The fourth-order valence-corrected chi connectivity index (χ4v) is 3.32. The van der Waals surface area contributed by atoms with E-state index in [-0.39, 0.29) is 17.7 Å². The Kier molecular flexibility index (Phi) is 4.21. The largest absolute Gasteiger partial charge is 0.317 e. The fraction of sp³-hybridized carbons (Fsp3) is 0.111. The SMILES string of the molecule is C=CCN1C(=O)S/C(=C\c2cccn2-c2ccccc2C)C1=O. The molecule has 2 heterocycles. The van der Waals surface area contributed by atoms with Gasteiger partial charge in [-0.15, -0.1) is 6.58 Å². The summed E-state index contributed by atoms with van der Waals surface area (Å²) in [4.78, 5) is 25.8. The number of carbonyl (C=O) groups is 2. The van der Waals surface area contributed by atoms with Crippen molar-refractivity contribution in [2.24, 2.45) is 0 Å². The zero-order valence-electron chi connectivity index (χ0n) is 12.7. The normalized spacial score (nSPS) is 16.4. The highest BCUT2D eigenvalue weighted by molar-refractivity contribution is 8.18. The zero-order valence-corrected chi connectivity index (χ0v) is 13.5. The van der Waals surface area contributed by atoms with Gasteiger partial charge in [0.05, 0.1) is 4.91 Å². The maximum atomic E-state index is 12.3. The standard InChI is InChI=1S/C18H16N2O2S/c1-3-10-20-17(21)16(23-18(20)22)12-14-8-6-11-19(14)15-9-5-4-7-13(15)2/h3-9,11-12H,1,10H2,2H3/b16-12-. The second-order valence-corrected chi connectivity index (χ2v) is 6.16. The molecular formula is C18H16N2O2S. The second-order valence-electron chi connectivity index (χ2n) is 5.17. The van der Waals surface area contributed by atoms with Crippen molar-refractivity contribution in [1.82, 2.24) is 9.47 Å². The summed E-state index contributed by atoms with van der Waals surface area (Å²) in [6.45, 7) is 5.85. The highest BCUT2D eigenvalue weighted by Gasteiger charge is 2.34. The van der Waals surface area contributed by atoms with Gasteiger partial charge in [-0.25, -0.2) is 0 Å². The number of imide groups is 1. The quantitative estimate of drug-likeness (QED) is 0.630. The van der Waals surface area contributed by atoms with E-state index in [1.807, 2.05) is 54.1 Å². The number of hydrogen-bond donors (Lipinski definition) is 0. The van der Waals surface area contributed by atoms with Crippen LogP contribution < -0.4 is 0 Å². The molecule has 3 rings (SSSR count). The molecular weight excluding hydrogens is 308 g/mol. The molecule has 5 heteroatoms. The average molecular weight is 324 g/mol. The lowest BCUT2D eigenvalue weighted by atomic mass is 10.2. The lowest BCUT2D eigenvalue weighted by Gasteiger charge is -2.10. The maximum Gasteiger partial charge on any atom is 0.293 e. The summed E-state index contributed by atoms with van der Waals surface area (Å²) in [6.07, 6.45) is 5.26. The fourth-order valence-electron chi connectivity index (χ4n) is 2.49. The summed E-state index contributed by atoms with van der Waals surface area (Å²) in [7, 11) is 0. The van der Waals surface area contributed by atoms with E-state index in [1.54, 1.807) is 12.2 Å². The summed E-state index contributed by atoms with van der Waals surface area (Å²) in [5.74, 6) is -0.266. The molecule has 0 unspecified atom stereocenters. The Bertz CT molecular complexity index is 820. The molecule has 0 bridgehead atoms. The van der Waals surface area contributed by atoms with Crippen molar-refractivity contribution in [3.05, 3.63) is 71.4 Å². The van der Waals surface area contributed by atoms with Gasteiger partial charge < -0.3 is 4.57 Å². The predicted molar refractivity (Wildman–Crippen MR) is 93.4 cm³/mol. The molecule has 0 aliphatic carbocycles. The van der Waals surface area contributed by atoms with E-state index in [4.69, 9.17) is 0 Å². The Morgan fingerprint density at radius 3 is 2.70 bits per heavy atom. The molecule has 1 aromatic heterocycles. The number of aryl methyl sites for hydroxylation is 1. The molecule has 23 heavy (non-hydrogen) atoms. The Labute approximate surface area is 139 Å². The van der Waals surface area contributed by atoms with Gasteiger partial charge >= 0.3 is 0 Å². The van der Waals surface area contributed by atoms with Gasteiger partial charge in [0.1, 0.15) is 0 Å². The third-order valence-corrected chi connectivity index (χ3v) is 4.53. The summed E-state index contributed by atoms with van der Waals surface area (Å²) in [6, 6.07) is 11.9. The van der Waals surface area contributed by atoms with Crippen molar-refractivity contribution in [3.8, 4) is 5.69 Å². The van der Waals surface area contributed by atoms with E-state index in [2.05, 4.69) is 6.58 Å². The van der Waals surface area contributed by atoms with Crippen LogP contribution in [0.25, 0.3) is 11.8 Å². The average Bonchev–Trinajstić information content (AvgIpc) is 3.09. The summed E-state index contributed by atoms with van der Waals surface area (Å²) >= 11 is 0.966. The minimum absolute atomic E-state index is 0.237. The zero-order chi connectivity index (χ0) is 16.4. The summed E-state index contributed by atoms with van der Waals surface area (Å²) in [5.41, 5.74) is 3.05.